The van der Waals surface area contributed by atoms with E-state index in [1.165, 1.54) is 12.3 Å². The topological polar surface area (TPSA) is 77.2 Å². The maximum Gasteiger partial charge on any atom is 0.255 e. The van der Waals surface area contributed by atoms with Gasteiger partial charge in [0.2, 0.25) is 0 Å². The summed E-state index contributed by atoms with van der Waals surface area (Å²) in [5, 5.41) is 2.80. The van der Waals surface area contributed by atoms with Gasteiger partial charge in [0.25, 0.3) is 5.91 Å². The predicted octanol–water partition coefficient (Wildman–Crippen LogP) is 2.23. The number of benzene rings is 1. The highest BCUT2D eigenvalue weighted by molar-refractivity contribution is 6.05. The van der Waals surface area contributed by atoms with Crippen LogP contribution >= 0.6 is 0 Å². The molecule has 5 nitrogen and oxygen atoms in total. The number of aromatic nitrogens is 1. The van der Waals surface area contributed by atoms with Gasteiger partial charge in [0.1, 0.15) is 11.6 Å². The van der Waals surface area contributed by atoms with Crippen LogP contribution in [0.25, 0.3) is 0 Å². The van der Waals surface area contributed by atoms with E-state index in [-0.39, 0.29) is 5.91 Å². The first kappa shape index (κ1) is 12.9. The van der Waals surface area contributed by atoms with Gasteiger partial charge in [0.05, 0.1) is 12.8 Å². The molecule has 0 aliphatic rings. The number of ether oxygens (including phenoxy) is 1. The maximum absolute atomic E-state index is 12.1. The summed E-state index contributed by atoms with van der Waals surface area (Å²) in [5.74, 6) is 0.669. The van der Waals surface area contributed by atoms with Gasteiger partial charge in [-0.15, -0.1) is 0 Å². The lowest BCUT2D eigenvalue weighted by molar-refractivity contribution is 0.102. The second-order valence-electron chi connectivity index (χ2n) is 4.13. The molecule has 1 amide bonds. The van der Waals surface area contributed by atoms with E-state index in [0.29, 0.717) is 22.8 Å². The largest absolute Gasteiger partial charge is 0.495 e. The number of carbonyl (C=O) groups excluding carboxylic acids is 1. The number of nitrogens with zero attached hydrogens (tertiary/aromatic N) is 1. The number of methoxy groups -OCH3 is 1. The van der Waals surface area contributed by atoms with Crippen molar-refractivity contribution >= 4 is 17.4 Å². The molecule has 0 radical (unpaired) electrons. The van der Waals surface area contributed by atoms with Crippen LogP contribution in [-0.4, -0.2) is 18.0 Å². The molecule has 19 heavy (non-hydrogen) atoms. The Kier molecular flexibility index (Phi) is 3.66. The van der Waals surface area contributed by atoms with Crippen molar-refractivity contribution in [1.29, 1.82) is 0 Å². The van der Waals surface area contributed by atoms with Crippen LogP contribution in [0.5, 0.6) is 5.75 Å². The van der Waals surface area contributed by atoms with E-state index in [2.05, 4.69) is 10.3 Å². The molecule has 1 aromatic carbocycles. The number of amides is 1. The average Bonchev–Trinajstić information content (AvgIpc) is 2.39. The summed E-state index contributed by atoms with van der Waals surface area (Å²) < 4.78 is 5.21. The second kappa shape index (κ2) is 5.39. The SMILES string of the molecule is COc1ccc(C)cc1NC(=O)c1ccnc(N)c1. The molecule has 0 unspecified atom stereocenters. The summed E-state index contributed by atoms with van der Waals surface area (Å²) in [6.07, 6.45) is 1.50. The van der Waals surface area contributed by atoms with E-state index in [1.54, 1.807) is 13.2 Å². The fourth-order valence-electron chi connectivity index (χ4n) is 1.70. The average molecular weight is 257 g/mol. The lowest BCUT2D eigenvalue weighted by Crippen LogP contribution is -2.13. The van der Waals surface area contributed by atoms with E-state index < -0.39 is 0 Å². The van der Waals surface area contributed by atoms with Crippen molar-refractivity contribution < 1.29 is 9.53 Å². The van der Waals surface area contributed by atoms with Crippen LogP contribution in [0, 0.1) is 6.92 Å². The van der Waals surface area contributed by atoms with Crippen LogP contribution in [0.15, 0.2) is 36.5 Å². The first-order valence-electron chi connectivity index (χ1n) is 5.77. The normalized spacial score (nSPS) is 10.0. The van der Waals surface area contributed by atoms with Crippen LogP contribution in [0.3, 0.4) is 0 Å². The zero-order valence-corrected chi connectivity index (χ0v) is 10.8. The number of nitrogen functional groups attached to an aromatic ring is 1. The summed E-state index contributed by atoms with van der Waals surface area (Å²) in [6.45, 7) is 1.94. The molecule has 0 fully saturated rings. The van der Waals surface area contributed by atoms with Gasteiger partial charge in [-0.2, -0.15) is 0 Å². The summed E-state index contributed by atoms with van der Waals surface area (Å²) in [4.78, 5) is 15.9. The third-order valence-corrected chi connectivity index (χ3v) is 2.65. The first-order valence-corrected chi connectivity index (χ1v) is 5.77. The number of pyridine rings is 1. The highest BCUT2D eigenvalue weighted by Crippen LogP contribution is 2.25. The molecule has 2 aromatic rings. The number of carbonyl (C=O) groups is 1. The monoisotopic (exact) mass is 257 g/mol. The number of nitrogens with one attached hydrogen (secondary N) is 1. The maximum atomic E-state index is 12.1. The van der Waals surface area contributed by atoms with Gasteiger partial charge in [-0.05, 0) is 36.8 Å². The van der Waals surface area contributed by atoms with Crippen LogP contribution in [0.4, 0.5) is 11.5 Å². The lowest BCUT2D eigenvalue weighted by atomic mass is 10.2. The Bertz CT molecular complexity index is 611. The van der Waals surface area contributed by atoms with Crippen molar-refractivity contribution in [2.75, 3.05) is 18.2 Å². The minimum atomic E-state index is -0.252. The number of nitrogens with two attached hydrogens (primary N) is 1. The summed E-state index contributed by atoms with van der Waals surface area (Å²) in [7, 11) is 1.56. The number of aryl methyl sites for hydroxylation is 1. The molecule has 0 saturated carbocycles. The third-order valence-electron chi connectivity index (χ3n) is 2.65. The molecule has 1 heterocycles. The van der Waals surface area contributed by atoms with Crippen molar-refractivity contribution in [3.05, 3.63) is 47.7 Å². The molecule has 0 atom stereocenters. The van der Waals surface area contributed by atoms with Gasteiger partial charge < -0.3 is 15.8 Å². The van der Waals surface area contributed by atoms with E-state index in [9.17, 15) is 4.79 Å². The minimum absolute atomic E-state index is 0.252. The summed E-state index contributed by atoms with van der Waals surface area (Å²) >= 11 is 0. The molecule has 0 bridgehead atoms. The van der Waals surface area contributed by atoms with Gasteiger partial charge in [-0.1, -0.05) is 6.07 Å². The second-order valence-corrected chi connectivity index (χ2v) is 4.13. The van der Waals surface area contributed by atoms with Gasteiger partial charge in [0, 0.05) is 11.8 Å². The molecule has 5 heteroatoms. The summed E-state index contributed by atoms with van der Waals surface area (Å²) in [5.41, 5.74) is 7.67. The molecule has 0 saturated heterocycles. The smallest absolute Gasteiger partial charge is 0.255 e. The third kappa shape index (κ3) is 3.01. The number of hydrogen-bond donors (Lipinski definition) is 2. The van der Waals surface area contributed by atoms with Crippen molar-refractivity contribution in [2.24, 2.45) is 0 Å². The van der Waals surface area contributed by atoms with E-state index in [1.807, 2.05) is 25.1 Å². The van der Waals surface area contributed by atoms with Crippen molar-refractivity contribution in [2.45, 2.75) is 6.92 Å². The molecule has 0 aliphatic carbocycles. The Balaban J connectivity index is 2.26. The van der Waals surface area contributed by atoms with Crippen molar-refractivity contribution in [3.8, 4) is 5.75 Å². The highest BCUT2D eigenvalue weighted by Gasteiger charge is 2.10. The molecule has 98 valence electrons. The van der Waals surface area contributed by atoms with E-state index >= 15 is 0 Å². The van der Waals surface area contributed by atoms with E-state index in [4.69, 9.17) is 10.5 Å². The van der Waals surface area contributed by atoms with Gasteiger partial charge in [-0.3, -0.25) is 4.79 Å². The molecule has 0 spiro atoms. The fraction of sp³-hybridized carbons (Fsp3) is 0.143. The first-order chi connectivity index (χ1) is 9.10. The molecule has 3 N–H and O–H groups in total. The van der Waals surface area contributed by atoms with Crippen LogP contribution in [0.1, 0.15) is 15.9 Å². The van der Waals surface area contributed by atoms with Gasteiger partial charge in [0.15, 0.2) is 0 Å². The van der Waals surface area contributed by atoms with Crippen LogP contribution in [0.2, 0.25) is 0 Å². The molecule has 1 aromatic heterocycles. The lowest BCUT2D eigenvalue weighted by Gasteiger charge is -2.11. The zero-order chi connectivity index (χ0) is 13.8. The van der Waals surface area contributed by atoms with Gasteiger partial charge in [-0.25, -0.2) is 4.98 Å². The Morgan fingerprint density at radius 3 is 2.79 bits per heavy atom. The standard InChI is InChI=1S/C14H15N3O2/c1-9-3-4-12(19-2)11(7-9)17-14(18)10-5-6-16-13(15)8-10/h3-8H,1-2H3,(H2,15,16)(H,17,18). The molecular weight excluding hydrogens is 242 g/mol. The molecular formula is C14H15N3O2. The molecule has 2 rings (SSSR count). The van der Waals surface area contributed by atoms with E-state index in [0.717, 1.165) is 5.56 Å². The molecule has 0 aliphatic heterocycles. The number of rotatable bonds is 3. The summed E-state index contributed by atoms with van der Waals surface area (Å²) in [6, 6.07) is 8.71. The Morgan fingerprint density at radius 2 is 2.11 bits per heavy atom. The highest BCUT2D eigenvalue weighted by atomic mass is 16.5. The van der Waals surface area contributed by atoms with Gasteiger partial charge >= 0.3 is 0 Å². The minimum Gasteiger partial charge on any atom is -0.495 e. The predicted molar refractivity (Wildman–Crippen MR) is 74.3 cm³/mol. The quantitative estimate of drug-likeness (QED) is 0.884. The van der Waals surface area contributed by atoms with Crippen molar-refractivity contribution in [3.63, 3.8) is 0 Å². The number of hydrogen-bond acceptors (Lipinski definition) is 4. The zero-order valence-electron chi connectivity index (χ0n) is 10.8. The Labute approximate surface area is 111 Å². The Hall–Kier alpha value is -2.56. The Morgan fingerprint density at radius 1 is 1.32 bits per heavy atom. The fourth-order valence-corrected chi connectivity index (χ4v) is 1.70. The number of anilines is 2. The van der Waals surface area contributed by atoms with Crippen LogP contribution in [-0.2, 0) is 0 Å². The van der Waals surface area contributed by atoms with Crippen molar-refractivity contribution in [1.82, 2.24) is 4.98 Å². The van der Waals surface area contributed by atoms with Crippen LogP contribution < -0.4 is 15.8 Å².